The Morgan fingerprint density at radius 3 is 2.24 bits per heavy atom. The van der Waals surface area contributed by atoms with Crippen LogP contribution in [0.4, 0.5) is 9.18 Å². The number of carbonyl (C=O) groups is 2. The van der Waals surface area contributed by atoms with E-state index >= 15 is 0 Å². The number of carboxylic acid groups (broad SMARTS) is 1. The van der Waals surface area contributed by atoms with Crippen molar-refractivity contribution in [2.24, 2.45) is 5.92 Å². The zero-order valence-electron chi connectivity index (χ0n) is 17.6. The second-order valence-corrected chi connectivity index (χ2v) is 9.29. The zero-order chi connectivity index (χ0) is 23.1. The molecule has 0 bridgehead atoms. The van der Waals surface area contributed by atoms with Crippen molar-refractivity contribution in [1.82, 2.24) is 4.90 Å². The molecule has 3 aromatic carbocycles. The van der Waals surface area contributed by atoms with Crippen molar-refractivity contribution in [2.45, 2.75) is 11.8 Å². The molecule has 0 saturated carbocycles. The fourth-order valence-corrected chi connectivity index (χ4v) is 5.22. The van der Waals surface area contributed by atoms with E-state index in [1.807, 2.05) is 36.4 Å². The van der Waals surface area contributed by atoms with Crippen LogP contribution in [0.25, 0.3) is 11.1 Å². The van der Waals surface area contributed by atoms with Crippen LogP contribution >= 0.6 is 15.9 Å². The number of likely N-dealkylation sites (tertiary alicyclic amines) is 1. The average Bonchev–Trinajstić information content (AvgIpc) is 3.40. The molecule has 1 amide bonds. The van der Waals surface area contributed by atoms with E-state index in [2.05, 4.69) is 28.1 Å². The molecule has 1 aliphatic heterocycles. The summed E-state index contributed by atoms with van der Waals surface area (Å²) in [6, 6.07) is 20.7. The minimum atomic E-state index is -1.02. The highest BCUT2D eigenvalue weighted by Gasteiger charge is 2.41. The van der Waals surface area contributed by atoms with Gasteiger partial charge in [-0.15, -0.1) is 0 Å². The Labute approximate surface area is 198 Å². The normalized spacial score (nSPS) is 19.3. The number of aliphatic carboxylic acids is 1. The Balaban J connectivity index is 1.32. The molecule has 5 nitrogen and oxygen atoms in total. The first kappa shape index (κ1) is 21.6. The largest absolute Gasteiger partial charge is 0.481 e. The van der Waals surface area contributed by atoms with Crippen LogP contribution < -0.4 is 0 Å². The maximum atomic E-state index is 14.1. The van der Waals surface area contributed by atoms with Crippen molar-refractivity contribution in [3.8, 4) is 11.1 Å². The van der Waals surface area contributed by atoms with E-state index in [1.54, 1.807) is 12.1 Å². The summed E-state index contributed by atoms with van der Waals surface area (Å²) >= 11 is 3.12. The van der Waals surface area contributed by atoms with E-state index in [1.165, 1.54) is 11.0 Å². The van der Waals surface area contributed by atoms with Gasteiger partial charge in [0.15, 0.2) is 0 Å². The molecule has 1 saturated heterocycles. The number of rotatable bonds is 4. The standard InChI is InChI=1S/C26H21BrFNO4/c27-23-10-9-15(11-24(23)28)20-12-29(13-21(20)25(30)31)26(32)33-14-22-18-7-3-1-5-16(18)17-6-2-4-8-19(17)22/h1-11,20-22H,12-14H2,(H,30,31)/t20-,21+/m0/s1. The molecular formula is C26H21BrFNO4. The minimum absolute atomic E-state index is 0.0222. The van der Waals surface area contributed by atoms with Gasteiger partial charge in [0.25, 0.3) is 0 Å². The third-order valence-electron chi connectivity index (χ3n) is 6.60. The molecule has 1 N–H and O–H groups in total. The van der Waals surface area contributed by atoms with Crippen LogP contribution in [0.5, 0.6) is 0 Å². The topological polar surface area (TPSA) is 66.8 Å². The Morgan fingerprint density at radius 2 is 1.64 bits per heavy atom. The first-order valence-corrected chi connectivity index (χ1v) is 11.5. The average molecular weight is 510 g/mol. The molecule has 168 valence electrons. The number of carboxylic acids is 1. The molecule has 0 radical (unpaired) electrons. The van der Waals surface area contributed by atoms with Gasteiger partial charge in [-0.2, -0.15) is 0 Å². The van der Waals surface area contributed by atoms with Gasteiger partial charge in [0.1, 0.15) is 12.4 Å². The van der Waals surface area contributed by atoms with Gasteiger partial charge in [0.2, 0.25) is 0 Å². The van der Waals surface area contributed by atoms with E-state index in [9.17, 15) is 19.1 Å². The van der Waals surface area contributed by atoms with Crippen LogP contribution in [0.15, 0.2) is 71.2 Å². The van der Waals surface area contributed by atoms with Gasteiger partial charge in [-0.05, 0) is 55.9 Å². The number of fused-ring (bicyclic) bond motifs is 3. The second-order valence-electron chi connectivity index (χ2n) is 8.43. The Morgan fingerprint density at radius 1 is 1.00 bits per heavy atom. The number of benzene rings is 3. The lowest BCUT2D eigenvalue weighted by Crippen LogP contribution is -2.31. The molecular weight excluding hydrogens is 489 g/mol. The molecule has 3 aromatic rings. The van der Waals surface area contributed by atoms with E-state index in [-0.39, 0.29) is 25.6 Å². The molecule has 1 heterocycles. The van der Waals surface area contributed by atoms with Gasteiger partial charge < -0.3 is 14.7 Å². The minimum Gasteiger partial charge on any atom is -0.481 e. The zero-order valence-corrected chi connectivity index (χ0v) is 19.2. The van der Waals surface area contributed by atoms with E-state index < -0.39 is 29.7 Å². The molecule has 1 aliphatic carbocycles. The Hall–Kier alpha value is -3.19. The molecule has 0 spiro atoms. The molecule has 5 rings (SSSR count). The van der Waals surface area contributed by atoms with Gasteiger partial charge in [-0.25, -0.2) is 9.18 Å². The number of nitrogens with zero attached hydrogens (tertiary/aromatic N) is 1. The Bertz CT molecular complexity index is 1200. The first-order valence-electron chi connectivity index (χ1n) is 10.7. The van der Waals surface area contributed by atoms with Crippen LogP contribution in [-0.2, 0) is 9.53 Å². The van der Waals surface area contributed by atoms with Crippen molar-refractivity contribution < 1.29 is 23.8 Å². The van der Waals surface area contributed by atoms with Crippen molar-refractivity contribution in [2.75, 3.05) is 19.7 Å². The maximum Gasteiger partial charge on any atom is 0.409 e. The number of hydrogen-bond acceptors (Lipinski definition) is 3. The molecule has 33 heavy (non-hydrogen) atoms. The maximum absolute atomic E-state index is 14.1. The van der Waals surface area contributed by atoms with Crippen LogP contribution in [-0.4, -0.2) is 41.8 Å². The van der Waals surface area contributed by atoms with Crippen molar-refractivity contribution >= 4 is 28.0 Å². The van der Waals surface area contributed by atoms with E-state index in [0.29, 0.717) is 10.0 Å². The SMILES string of the molecule is O=C(O)[C@@H]1CN(C(=O)OCC2c3ccccc3-c3ccccc32)C[C@H]1c1ccc(Br)c(F)c1. The lowest BCUT2D eigenvalue weighted by atomic mass is 9.89. The summed E-state index contributed by atoms with van der Waals surface area (Å²) in [5.74, 6) is -2.89. The lowest BCUT2D eigenvalue weighted by Gasteiger charge is -2.19. The molecule has 0 unspecified atom stereocenters. The molecule has 1 fully saturated rings. The highest BCUT2D eigenvalue weighted by Crippen LogP contribution is 2.44. The summed E-state index contributed by atoms with van der Waals surface area (Å²) < 4.78 is 20.1. The van der Waals surface area contributed by atoms with Gasteiger partial charge >= 0.3 is 12.1 Å². The van der Waals surface area contributed by atoms with Crippen LogP contribution in [0, 0.1) is 11.7 Å². The molecule has 2 atom stereocenters. The fraction of sp³-hybridized carbons (Fsp3) is 0.231. The Kier molecular flexibility index (Phi) is 5.66. The summed E-state index contributed by atoms with van der Waals surface area (Å²) in [6.07, 6.45) is -0.553. The summed E-state index contributed by atoms with van der Waals surface area (Å²) in [7, 11) is 0. The summed E-state index contributed by atoms with van der Waals surface area (Å²) in [5.41, 5.74) is 5.05. The monoisotopic (exact) mass is 509 g/mol. The predicted octanol–water partition coefficient (Wildman–Crippen LogP) is 5.64. The predicted molar refractivity (Wildman–Crippen MR) is 125 cm³/mol. The highest BCUT2D eigenvalue weighted by atomic mass is 79.9. The van der Waals surface area contributed by atoms with Gasteiger partial charge in [0, 0.05) is 24.9 Å². The number of ether oxygens (including phenoxy) is 1. The fourth-order valence-electron chi connectivity index (χ4n) is 4.97. The summed E-state index contributed by atoms with van der Waals surface area (Å²) in [6.45, 7) is 0.349. The molecule has 2 aliphatic rings. The number of amides is 1. The quantitative estimate of drug-likeness (QED) is 0.494. The van der Waals surface area contributed by atoms with Gasteiger partial charge in [-0.3, -0.25) is 4.79 Å². The number of halogens is 2. The van der Waals surface area contributed by atoms with Crippen molar-refractivity contribution in [3.05, 3.63) is 93.7 Å². The second kappa shape index (κ2) is 8.63. The molecule has 7 heteroatoms. The highest BCUT2D eigenvalue weighted by molar-refractivity contribution is 9.10. The molecule has 0 aromatic heterocycles. The summed E-state index contributed by atoms with van der Waals surface area (Å²) in [4.78, 5) is 26.2. The third-order valence-corrected chi connectivity index (χ3v) is 7.25. The number of carbonyl (C=O) groups excluding carboxylic acids is 1. The van der Waals surface area contributed by atoms with E-state index in [4.69, 9.17) is 4.74 Å². The smallest absolute Gasteiger partial charge is 0.409 e. The van der Waals surface area contributed by atoms with Crippen LogP contribution in [0.3, 0.4) is 0 Å². The first-order chi connectivity index (χ1) is 15.9. The van der Waals surface area contributed by atoms with Gasteiger partial charge in [-0.1, -0.05) is 54.6 Å². The van der Waals surface area contributed by atoms with E-state index in [0.717, 1.165) is 22.3 Å². The number of hydrogen-bond donors (Lipinski definition) is 1. The summed E-state index contributed by atoms with van der Waals surface area (Å²) in [5, 5.41) is 9.71. The van der Waals surface area contributed by atoms with Crippen molar-refractivity contribution in [3.63, 3.8) is 0 Å². The van der Waals surface area contributed by atoms with Crippen molar-refractivity contribution in [1.29, 1.82) is 0 Å². The third kappa shape index (κ3) is 3.91. The van der Waals surface area contributed by atoms with Crippen LogP contribution in [0.2, 0.25) is 0 Å². The van der Waals surface area contributed by atoms with Crippen LogP contribution in [0.1, 0.15) is 28.5 Å². The lowest BCUT2D eigenvalue weighted by molar-refractivity contribution is -0.141. The van der Waals surface area contributed by atoms with Gasteiger partial charge in [0.05, 0.1) is 10.4 Å².